The molecule has 0 N–H and O–H groups in total. The van der Waals surface area contributed by atoms with Crippen LogP contribution in [0.4, 0.5) is 0 Å². The molecule has 0 fully saturated rings. The van der Waals surface area contributed by atoms with Crippen molar-refractivity contribution in [3.63, 3.8) is 0 Å². The third kappa shape index (κ3) is 206. The Bertz CT molecular complexity index is 632. The quantitative estimate of drug-likeness (QED) is 0.0495. The van der Waals surface area contributed by atoms with Gasteiger partial charge in [0.25, 0.3) is 0 Å². The van der Waals surface area contributed by atoms with Crippen LogP contribution in [0.15, 0.2) is 0 Å². The van der Waals surface area contributed by atoms with Gasteiger partial charge in [0.05, 0.1) is 33.0 Å². The largest absolute Gasteiger partial charge is 0.466 e. The van der Waals surface area contributed by atoms with Crippen LogP contribution in [0.1, 0.15) is 299 Å². The van der Waals surface area contributed by atoms with Crippen molar-refractivity contribution in [2.75, 3.05) is 33.0 Å². The number of esters is 5. The van der Waals surface area contributed by atoms with E-state index in [1.165, 1.54) is 195 Å². The van der Waals surface area contributed by atoms with E-state index in [9.17, 15) is 24.0 Å². The van der Waals surface area contributed by atoms with Gasteiger partial charge in [0.15, 0.2) is 0 Å². The van der Waals surface area contributed by atoms with Crippen molar-refractivity contribution >= 4 is 29.8 Å². The van der Waals surface area contributed by atoms with E-state index in [-0.39, 0.29) is 29.8 Å². The van der Waals surface area contributed by atoms with Crippen LogP contribution in [0.3, 0.4) is 0 Å². The fraction of sp³-hybridized carbons (Fsp3) is 0.909. The summed E-state index contributed by atoms with van der Waals surface area (Å²) in [5.74, 6) is -1.05. The zero-order valence-electron chi connectivity index (χ0n) is 47.8. The molecule has 65 heavy (non-hydrogen) atoms. The molecule has 0 aliphatic carbocycles. The highest BCUT2D eigenvalue weighted by molar-refractivity contribution is 5.66. The van der Waals surface area contributed by atoms with Crippen LogP contribution in [0.5, 0.6) is 0 Å². The SMILES string of the molecule is CCCCCCC.CCCCCCC.CCCCCCC.CCCCCCC.CCCCCCC.CCOC(C)=O.CCOC(C)=O.CCOC(C)=O.CCOC(C)=O.CCOC(C)=O. The van der Waals surface area contributed by atoms with E-state index >= 15 is 0 Å². The Morgan fingerprint density at radius 3 is 0.323 bits per heavy atom. The maximum absolute atomic E-state index is 9.82. The van der Waals surface area contributed by atoms with Crippen LogP contribution in [-0.2, 0) is 47.7 Å². The molecule has 0 unspecified atom stereocenters. The summed E-state index contributed by atoms with van der Waals surface area (Å²) in [6.07, 6.45) is 35.0. The first-order chi connectivity index (χ1) is 30.9. The molecule has 0 saturated heterocycles. The van der Waals surface area contributed by atoms with Crippen LogP contribution >= 0.6 is 0 Å². The first kappa shape index (κ1) is 85.6. The highest BCUT2D eigenvalue weighted by Gasteiger charge is 1.86. The lowest BCUT2D eigenvalue weighted by atomic mass is 10.2. The predicted molar refractivity (Wildman–Crippen MR) is 284 cm³/mol. The van der Waals surface area contributed by atoms with Crippen molar-refractivity contribution in [3.8, 4) is 0 Å². The average molecular weight is 942 g/mol. The zero-order valence-corrected chi connectivity index (χ0v) is 47.8. The van der Waals surface area contributed by atoms with Crippen molar-refractivity contribution in [3.05, 3.63) is 0 Å². The van der Waals surface area contributed by atoms with Gasteiger partial charge in [-0.1, -0.05) is 230 Å². The van der Waals surface area contributed by atoms with Gasteiger partial charge in [-0.05, 0) is 34.6 Å². The number of ether oxygens (including phenoxy) is 5. The average Bonchev–Trinajstić information content (AvgIpc) is 3.24. The second kappa shape index (κ2) is 99.7. The van der Waals surface area contributed by atoms with E-state index < -0.39 is 0 Å². The van der Waals surface area contributed by atoms with Gasteiger partial charge < -0.3 is 23.7 Å². The molecule has 0 aromatic heterocycles. The molecule has 10 heteroatoms. The lowest BCUT2D eigenvalue weighted by Crippen LogP contribution is -1.95. The maximum Gasteiger partial charge on any atom is 0.302 e. The highest BCUT2D eigenvalue weighted by Crippen LogP contribution is 2.02. The number of carbonyl (C=O) groups excluding carboxylic acids is 5. The first-order valence-corrected chi connectivity index (χ1v) is 26.6. The third-order valence-corrected chi connectivity index (χ3v) is 7.77. The van der Waals surface area contributed by atoms with E-state index in [4.69, 9.17) is 0 Å². The van der Waals surface area contributed by atoms with Gasteiger partial charge in [-0.25, -0.2) is 0 Å². The molecule has 0 atom stereocenters. The van der Waals surface area contributed by atoms with E-state index in [0.717, 1.165) is 0 Å². The second-order valence-electron chi connectivity index (χ2n) is 14.9. The van der Waals surface area contributed by atoms with Gasteiger partial charge in [-0.3, -0.25) is 24.0 Å². The summed E-state index contributed by atoms with van der Waals surface area (Å²) in [5.41, 5.74) is 0. The summed E-state index contributed by atoms with van der Waals surface area (Å²) >= 11 is 0. The minimum Gasteiger partial charge on any atom is -0.466 e. The summed E-state index contributed by atoms with van der Waals surface area (Å²) in [7, 11) is 0. The Labute approximate surface area is 408 Å². The van der Waals surface area contributed by atoms with Crippen LogP contribution in [-0.4, -0.2) is 62.9 Å². The van der Waals surface area contributed by atoms with Crippen molar-refractivity contribution < 1.29 is 47.7 Å². The Balaban J connectivity index is -0.0000000647. The number of carbonyl (C=O) groups is 5. The van der Waals surface area contributed by atoms with Gasteiger partial charge in [0.2, 0.25) is 0 Å². The topological polar surface area (TPSA) is 132 Å². The number of hydrogen-bond donors (Lipinski definition) is 0. The molecule has 0 aromatic rings. The molecular weight excluding hydrogens is 821 g/mol. The van der Waals surface area contributed by atoms with Gasteiger partial charge in [0.1, 0.15) is 0 Å². The maximum atomic E-state index is 9.82. The first-order valence-electron chi connectivity index (χ1n) is 26.6. The van der Waals surface area contributed by atoms with E-state index in [2.05, 4.69) is 92.9 Å². The smallest absolute Gasteiger partial charge is 0.302 e. The summed E-state index contributed by atoms with van der Waals surface area (Å²) in [6, 6.07) is 0. The van der Waals surface area contributed by atoms with E-state index in [1.807, 2.05) is 0 Å². The van der Waals surface area contributed by atoms with Crippen LogP contribution in [0, 0.1) is 0 Å². The Morgan fingerprint density at radius 1 is 0.200 bits per heavy atom. The van der Waals surface area contributed by atoms with Gasteiger partial charge in [0, 0.05) is 34.6 Å². The fourth-order valence-electron chi connectivity index (χ4n) is 4.40. The molecule has 0 saturated carbocycles. The zero-order chi connectivity index (χ0) is 52.6. The Hall–Kier alpha value is -2.65. The minimum atomic E-state index is -0.211. The molecule has 0 amide bonds. The minimum absolute atomic E-state index is 0.211. The third-order valence-electron chi connectivity index (χ3n) is 7.77. The molecule has 0 radical (unpaired) electrons. The summed E-state index contributed by atoms with van der Waals surface area (Å²) in [5, 5.41) is 0. The molecule has 400 valence electrons. The van der Waals surface area contributed by atoms with Crippen molar-refractivity contribution in [1.29, 1.82) is 0 Å². The van der Waals surface area contributed by atoms with Gasteiger partial charge >= 0.3 is 29.8 Å². The molecular formula is C55H120O10. The fourth-order valence-corrected chi connectivity index (χ4v) is 4.40. The molecule has 0 aromatic carbocycles. The number of rotatable bonds is 25. The lowest BCUT2D eigenvalue weighted by molar-refractivity contribution is -0.141. The predicted octanol–water partition coefficient (Wildman–Crippen LogP) is 17.7. The van der Waals surface area contributed by atoms with E-state index in [0.29, 0.717) is 33.0 Å². The molecule has 0 rings (SSSR count). The standard InChI is InChI=1S/5C7H16.5C4H8O2/c5*1-3-5-7-6-4-2;5*1-3-6-4(2)5/h5*3-7H2,1-2H3;5*3H2,1-2H3. The molecule has 10 nitrogen and oxygen atoms in total. The van der Waals surface area contributed by atoms with Crippen molar-refractivity contribution in [2.45, 2.75) is 299 Å². The number of hydrogen-bond acceptors (Lipinski definition) is 10. The lowest BCUT2D eigenvalue weighted by Gasteiger charge is -1.90. The molecule has 0 bridgehead atoms. The monoisotopic (exact) mass is 941 g/mol. The van der Waals surface area contributed by atoms with Crippen molar-refractivity contribution in [1.82, 2.24) is 0 Å². The summed E-state index contributed by atoms with van der Waals surface area (Å²) in [4.78, 5) is 49.1. The van der Waals surface area contributed by atoms with Crippen LogP contribution in [0.25, 0.3) is 0 Å². The van der Waals surface area contributed by atoms with Crippen LogP contribution < -0.4 is 0 Å². The molecule has 0 aliphatic rings. The molecule has 0 spiro atoms. The highest BCUT2D eigenvalue weighted by atomic mass is 16.5. The second-order valence-corrected chi connectivity index (χ2v) is 14.9. The van der Waals surface area contributed by atoms with E-state index in [1.54, 1.807) is 34.6 Å². The van der Waals surface area contributed by atoms with Gasteiger partial charge in [-0.2, -0.15) is 0 Å². The molecule has 0 heterocycles. The summed E-state index contributed by atoms with van der Waals surface area (Å²) in [6.45, 7) is 40.7. The Morgan fingerprint density at radius 2 is 0.292 bits per heavy atom. The van der Waals surface area contributed by atoms with Gasteiger partial charge in [-0.15, -0.1) is 0 Å². The summed E-state index contributed by atoms with van der Waals surface area (Å²) < 4.78 is 22.0. The molecule has 0 aliphatic heterocycles. The normalized spacial score (nSPS) is 8.62. The van der Waals surface area contributed by atoms with Crippen LogP contribution in [0.2, 0.25) is 0 Å². The Kier molecular flexibility index (Phi) is 131. The number of unbranched alkanes of at least 4 members (excludes halogenated alkanes) is 20. The van der Waals surface area contributed by atoms with Crippen molar-refractivity contribution in [2.24, 2.45) is 0 Å².